The molecule has 8 heteroatoms. The summed E-state index contributed by atoms with van der Waals surface area (Å²) in [6, 6.07) is 1.64. The maximum atomic E-state index is 12.0. The fraction of sp³-hybridized carbons (Fsp3) is 0.385. The largest absolute Gasteiger partial charge is 0.467 e. The van der Waals surface area contributed by atoms with Gasteiger partial charge in [-0.2, -0.15) is 10.1 Å². The van der Waals surface area contributed by atoms with E-state index in [1.807, 2.05) is 6.20 Å². The van der Waals surface area contributed by atoms with Crippen molar-refractivity contribution in [2.45, 2.75) is 25.3 Å². The SMILES string of the molecule is COc1nccc(NC(=O)NC2CCc3[nH]ncc3C2)n1. The van der Waals surface area contributed by atoms with Crippen LogP contribution in [0.15, 0.2) is 18.5 Å². The van der Waals surface area contributed by atoms with Gasteiger partial charge in [0.15, 0.2) is 0 Å². The molecule has 1 unspecified atom stereocenters. The van der Waals surface area contributed by atoms with Gasteiger partial charge in [0, 0.05) is 17.9 Å². The Morgan fingerprint density at radius 1 is 1.52 bits per heavy atom. The molecule has 0 aromatic carbocycles. The van der Waals surface area contributed by atoms with E-state index in [4.69, 9.17) is 4.74 Å². The number of anilines is 1. The highest BCUT2D eigenvalue weighted by atomic mass is 16.5. The van der Waals surface area contributed by atoms with Gasteiger partial charge >= 0.3 is 12.0 Å². The number of carbonyl (C=O) groups is 1. The number of hydrogen-bond acceptors (Lipinski definition) is 5. The molecule has 0 fully saturated rings. The first-order chi connectivity index (χ1) is 10.2. The molecule has 3 N–H and O–H groups in total. The molecular formula is C13H16N6O2. The van der Waals surface area contributed by atoms with E-state index in [9.17, 15) is 4.79 Å². The molecule has 2 aromatic heterocycles. The summed E-state index contributed by atoms with van der Waals surface area (Å²) in [4.78, 5) is 19.9. The predicted octanol–water partition coefficient (Wildman–Crippen LogP) is 0.887. The lowest BCUT2D eigenvalue weighted by atomic mass is 9.94. The van der Waals surface area contributed by atoms with Crippen molar-refractivity contribution >= 4 is 11.8 Å². The number of ether oxygens (including phenoxy) is 1. The summed E-state index contributed by atoms with van der Waals surface area (Å²) in [5.41, 5.74) is 2.32. The molecule has 0 radical (unpaired) electrons. The number of urea groups is 1. The van der Waals surface area contributed by atoms with Crippen molar-refractivity contribution in [1.82, 2.24) is 25.5 Å². The average Bonchev–Trinajstić information content (AvgIpc) is 2.95. The van der Waals surface area contributed by atoms with Crippen LogP contribution < -0.4 is 15.4 Å². The number of amides is 2. The molecule has 1 aliphatic rings. The number of rotatable bonds is 3. The Bertz CT molecular complexity index is 641. The molecule has 2 amide bonds. The molecule has 1 atom stereocenters. The van der Waals surface area contributed by atoms with Crippen LogP contribution in [0.1, 0.15) is 17.7 Å². The van der Waals surface area contributed by atoms with Crippen LogP contribution >= 0.6 is 0 Å². The number of aryl methyl sites for hydroxylation is 1. The standard InChI is InChI=1S/C13H16N6O2/c1-21-13-14-5-4-11(18-13)17-12(20)16-9-2-3-10-8(6-9)7-15-19-10/h4-5,7,9H,2-3,6H2,1H3,(H,15,19)(H2,14,16,17,18,20). The lowest BCUT2D eigenvalue weighted by Gasteiger charge is -2.22. The number of aromatic nitrogens is 4. The maximum absolute atomic E-state index is 12.0. The zero-order chi connectivity index (χ0) is 14.7. The number of nitrogens with one attached hydrogen (secondary N) is 3. The highest BCUT2D eigenvalue weighted by molar-refractivity contribution is 5.88. The van der Waals surface area contributed by atoms with Gasteiger partial charge < -0.3 is 10.1 Å². The molecule has 21 heavy (non-hydrogen) atoms. The van der Waals surface area contributed by atoms with Crippen LogP contribution in [0.3, 0.4) is 0 Å². The van der Waals surface area contributed by atoms with E-state index in [1.54, 1.807) is 6.07 Å². The van der Waals surface area contributed by atoms with Gasteiger partial charge in [0.05, 0.1) is 13.3 Å². The molecule has 3 rings (SSSR count). The van der Waals surface area contributed by atoms with Crippen molar-refractivity contribution in [1.29, 1.82) is 0 Å². The maximum Gasteiger partial charge on any atom is 0.320 e. The second-order valence-electron chi connectivity index (χ2n) is 4.84. The van der Waals surface area contributed by atoms with Crippen LogP contribution in [0.4, 0.5) is 10.6 Å². The molecule has 0 bridgehead atoms. The predicted molar refractivity (Wildman–Crippen MR) is 75.1 cm³/mol. The third-order valence-electron chi connectivity index (χ3n) is 3.41. The number of hydrogen-bond donors (Lipinski definition) is 3. The summed E-state index contributed by atoms with van der Waals surface area (Å²) >= 11 is 0. The topological polar surface area (TPSA) is 105 Å². The molecule has 0 saturated carbocycles. The van der Waals surface area contributed by atoms with E-state index in [2.05, 4.69) is 30.8 Å². The van der Waals surface area contributed by atoms with E-state index in [0.29, 0.717) is 5.82 Å². The first-order valence-electron chi connectivity index (χ1n) is 6.70. The second kappa shape index (κ2) is 5.78. The lowest BCUT2D eigenvalue weighted by Crippen LogP contribution is -2.41. The normalized spacial score (nSPS) is 16.9. The molecule has 110 valence electrons. The molecule has 1 aliphatic carbocycles. The summed E-state index contributed by atoms with van der Waals surface area (Å²) < 4.78 is 4.91. The minimum atomic E-state index is -0.285. The third kappa shape index (κ3) is 3.10. The molecular weight excluding hydrogens is 272 g/mol. The molecule has 8 nitrogen and oxygen atoms in total. The molecule has 0 aliphatic heterocycles. The second-order valence-corrected chi connectivity index (χ2v) is 4.84. The van der Waals surface area contributed by atoms with Crippen LogP contribution in [0, 0.1) is 0 Å². The van der Waals surface area contributed by atoms with Gasteiger partial charge in [-0.1, -0.05) is 0 Å². The van der Waals surface area contributed by atoms with Crippen molar-refractivity contribution in [2.24, 2.45) is 0 Å². The van der Waals surface area contributed by atoms with Crippen molar-refractivity contribution in [3.63, 3.8) is 0 Å². The van der Waals surface area contributed by atoms with Crippen molar-refractivity contribution in [3.8, 4) is 6.01 Å². The quantitative estimate of drug-likeness (QED) is 0.778. The molecule has 0 saturated heterocycles. The Morgan fingerprint density at radius 2 is 2.43 bits per heavy atom. The van der Waals surface area contributed by atoms with Crippen LogP contribution in [0.25, 0.3) is 0 Å². The number of methoxy groups -OCH3 is 1. The summed E-state index contributed by atoms with van der Waals surface area (Å²) in [6.07, 6.45) is 5.90. The fourth-order valence-electron chi connectivity index (χ4n) is 2.39. The number of nitrogens with zero attached hydrogens (tertiary/aromatic N) is 3. The first kappa shape index (κ1) is 13.3. The highest BCUT2D eigenvalue weighted by Gasteiger charge is 2.21. The van der Waals surface area contributed by atoms with E-state index in [0.717, 1.165) is 30.5 Å². The average molecular weight is 288 g/mol. The Balaban J connectivity index is 1.57. The van der Waals surface area contributed by atoms with Crippen LogP contribution in [0.2, 0.25) is 0 Å². The zero-order valence-corrected chi connectivity index (χ0v) is 11.6. The number of aromatic amines is 1. The minimum Gasteiger partial charge on any atom is -0.467 e. The van der Waals surface area contributed by atoms with Gasteiger partial charge in [-0.15, -0.1) is 0 Å². The summed E-state index contributed by atoms with van der Waals surface area (Å²) in [7, 11) is 1.48. The van der Waals surface area contributed by atoms with Crippen molar-refractivity contribution < 1.29 is 9.53 Å². The number of H-pyrrole nitrogens is 1. The van der Waals surface area contributed by atoms with Gasteiger partial charge in [-0.25, -0.2) is 9.78 Å². The smallest absolute Gasteiger partial charge is 0.320 e. The third-order valence-corrected chi connectivity index (χ3v) is 3.41. The fourth-order valence-corrected chi connectivity index (χ4v) is 2.39. The Morgan fingerprint density at radius 3 is 3.29 bits per heavy atom. The van der Waals surface area contributed by atoms with Gasteiger partial charge in [-0.05, 0) is 30.9 Å². The van der Waals surface area contributed by atoms with Crippen molar-refractivity contribution in [2.75, 3.05) is 12.4 Å². The van der Waals surface area contributed by atoms with Crippen LogP contribution in [0.5, 0.6) is 6.01 Å². The Kier molecular flexibility index (Phi) is 3.67. The summed E-state index contributed by atoms with van der Waals surface area (Å²) in [6.45, 7) is 0. The van der Waals surface area contributed by atoms with E-state index in [1.165, 1.54) is 13.3 Å². The Labute approximate surface area is 121 Å². The Hall–Kier alpha value is -2.64. The first-order valence-corrected chi connectivity index (χ1v) is 6.70. The van der Waals surface area contributed by atoms with Crippen molar-refractivity contribution in [3.05, 3.63) is 29.7 Å². The number of fused-ring (bicyclic) bond motifs is 1. The van der Waals surface area contributed by atoms with Gasteiger partial charge in [0.2, 0.25) is 0 Å². The highest BCUT2D eigenvalue weighted by Crippen LogP contribution is 2.18. The molecule has 2 heterocycles. The van der Waals surface area contributed by atoms with E-state index in [-0.39, 0.29) is 18.1 Å². The van der Waals surface area contributed by atoms with Crippen LogP contribution in [-0.2, 0) is 12.8 Å². The zero-order valence-electron chi connectivity index (χ0n) is 11.6. The van der Waals surface area contributed by atoms with E-state index >= 15 is 0 Å². The minimum absolute atomic E-state index is 0.0961. The van der Waals surface area contributed by atoms with Gasteiger partial charge in [0.25, 0.3) is 0 Å². The van der Waals surface area contributed by atoms with E-state index < -0.39 is 0 Å². The molecule has 0 spiro atoms. The van der Waals surface area contributed by atoms with Gasteiger partial charge in [0.1, 0.15) is 5.82 Å². The lowest BCUT2D eigenvalue weighted by molar-refractivity contribution is 0.247. The number of carbonyl (C=O) groups excluding carboxylic acids is 1. The van der Waals surface area contributed by atoms with Gasteiger partial charge in [-0.3, -0.25) is 10.4 Å². The monoisotopic (exact) mass is 288 g/mol. The summed E-state index contributed by atoms with van der Waals surface area (Å²) in [5.74, 6) is 0.402. The molecule has 2 aromatic rings. The summed E-state index contributed by atoms with van der Waals surface area (Å²) in [5, 5.41) is 12.6. The van der Waals surface area contributed by atoms with Crippen LogP contribution in [-0.4, -0.2) is 39.3 Å².